The van der Waals surface area contributed by atoms with E-state index in [-0.39, 0.29) is 11.8 Å². The van der Waals surface area contributed by atoms with Gasteiger partial charge < -0.3 is 5.32 Å². The van der Waals surface area contributed by atoms with E-state index < -0.39 is 17.8 Å². The van der Waals surface area contributed by atoms with Crippen LogP contribution in [0.1, 0.15) is 12.8 Å². The summed E-state index contributed by atoms with van der Waals surface area (Å²) in [7, 11) is 0. The van der Waals surface area contributed by atoms with E-state index in [0.717, 1.165) is 5.69 Å². The van der Waals surface area contributed by atoms with Crippen LogP contribution in [0, 0.1) is 17.8 Å². The number of para-hydroxylation sites is 1. The second kappa shape index (κ2) is 3.52. The molecule has 0 aromatic heterocycles. The zero-order valence-corrected chi connectivity index (χ0v) is 9.20. The summed E-state index contributed by atoms with van der Waals surface area (Å²) in [6, 6.07) is 9.11. The largest absolute Gasteiger partial charge is 0.326 e. The molecule has 1 aromatic carbocycles. The van der Waals surface area contributed by atoms with Crippen molar-refractivity contribution < 1.29 is 13.6 Å². The molecule has 2 saturated carbocycles. The Labute approximate surface area is 98.0 Å². The van der Waals surface area contributed by atoms with Gasteiger partial charge in [-0.1, -0.05) is 18.2 Å². The van der Waals surface area contributed by atoms with Gasteiger partial charge in [0.05, 0.1) is 0 Å². The van der Waals surface area contributed by atoms with Crippen molar-refractivity contribution in [1.29, 1.82) is 0 Å². The maximum absolute atomic E-state index is 13.0. The summed E-state index contributed by atoms with van der Waals surface area (Å²) in [6.07, 6.45) is 0.659. The second-order valence-corrected chi connectivity index (χ2v) is 4.91. The van der Waals surface area contributed by atoms with Gasteiger partial charge in [-0.2, -0.15) is 0 Å². The predicted octanol–water partition coefficient (Wildman–Crippen LogP) is 2.92. The summed E-state index contributed by atoms with van der Waals surface area (Å²) in [4.78, 5) is 11.8. The molecule has 0 heterocycles. The van der Waals surface area contributed by atoms with Gasteiger partial charge in [0, 0.05) is 23.4 Å². The van der Waals surface area contributed by atoms with Crippen LogP contribution in [0.15, 0.2) is 30.3 Å². The Kier molecular flexibility index (Phi) is 2.21. The maximum atomic E-state index is 13.0. The Bertz CT molecular complexity index is 432. The third-order valence-electron chi connectivity index (χ3n) is 3.85. The number of benzene rings is 1. The number of halogens is 2. The van der Waals surface area contributed by atoms with Crippen LogP contribution in [0.3, 0.4) is 0 Å². The highest BCUT2D eigenvalue weighted by molar-refractivity contribution is 5.92. The van der Waals surface area contributed by atoms with E-state index in [1.807, 2.05) is 18.2 Å². The Morgan fingerprint density at radius 2 is 1.76 bits per heavy atom. The van der Waals surface area contributed by atoms with Gasteiger partial charge in [-0.15, -0.1) is 0 Å². The van der Waals surface area contributed by atoms with Crippen molar-refractivity contribution in [3.63, 3.8) is 0 Å². The lowest BCUT2D eigenvalue weighted by molar-refractivity contribution is -0.120. The number of hydrogen-bond acceptors (Lipinski definition) is 1. The lowest BCUT2D eigenvalue weighted by Crippen LogP contribution is -2.23. The highest BCUT2D eigenvalue weighted by Gasteiger charge is 2.72. The number of carbonyl (C=O) groups excluding carboxylic acids is 1. The van der Waals surface area contributed by atoms with Crippen molar-refractivity contribution in [1.82, 2.24) is 0 Å². The number of anilines is 1. The summed E-state index contributed by atoms with van der Waals surface area (Å²) in [5, 5.41) is 2.77. The summed E-state index contributed by atoms with van der Waals surface area (Å²) >= 11 is 0. The van der Waals surface area contributed by atoms with Crippen LogP contribution in [0.4, 0.5) is 14.5 Å². The van der Waals surface area contributed by atoms with Crippen molar-refractivity contribution in [3.8, 4) is 0 Å². The molecular formula is C13H13F2NO. The van der Waals surface area contributed by atoms with Gasteiger partial charge in [-0.3, -0.25) is 4.79 Å². The molecule has 1 amide bonds. The van der Waals surface area contributed by atoms with Crippen molar-refractivity contribution >= 4 is 11.6 Å². The first-order chi connectivity index (χ1) is 8.09. The van der Waals surface area contributed by atoms with Crippen LogP contribution >= 0.6 is 0 Å². The van der Waals surface area contributed by atoms with Crippen molar-refractivity contribution in [2.45, 2.75) is 18.8 Å². The van der Waals surface area contributed by atoms with E-state index >= 15 is 0 Å². The standard InChI is InChI=1S/C13H13F2NO/c14-13(15)10-6-8(7-11(10)13)12(17)16-9-4-2-1-3-5-9/h1-5,8,10-11H,6-7H2,(H,16,17)/t8?,10-,11+. The number of alkyl halides is 2. The third-order valence-corrected chi connectivity index (χ3v) is 3.85. The molecule has 0 saturated heterocycles. The molecule has 0 spiro atoms. The van der Waals surface area contributed by atoms with Gasteiger partial charge in [0.25, 0.3) is 5.92 Å². The number of carbonyl (C=O) groups is 1. The molecule has 2 aliphatic carbocycles. The normalized spacial score (nSPS) is 32.9. The lowest BCUT2D eigenvalue weighted by atomic mass is 10.0. The Hall–Kier alpha value is -1.45. The molecule has 1 aromatic rings. The molecule has 4 heteroatoms. The zero-order valence-electron chi connectivity index (χ0n) is 9.20. The van der Waals surface area contributed by atoms with Crippen LogP contribution in [-0.2, 0) is 4.79 Å². The number of nitrogens with one attached hydrogen (secondary N) is 1. The summed E-state index contributed by atoms with van der Waals surface area (Å²) < 4.78 is 25.9. The Balaban J connectivity index is 1.59. The number of hydrogen-bond donors (Lipinski definition) is 1. The van der Waals surface area contributed by atoms with Crippen molar-refractivity contribution in [3.05, 3.63) is 30.3 Å². The Morgan fingerprint density at radius 1 is 1.18 bits per heavy atom. The number of rotatable bonds is 2. The first kappa shape index (κ1) is 10.7. The average molecular weight is 237 g/mol. The van der Waals surface area contributed by atoms with Gasteiger partial charge in [0.15, 0.2) is 0 Å². The minimum absolute atomic E-state index is 0.126. The van der Waals surface area contributed by atoms with E-state index in [4.69, 9.17) is 0 Å². The molecular weight excluding hydrogens is 224 g/mol. The van der Waals surface area contributed by atoms with Crippen LogP contribution in [-0.4, -0.2) is 11.8 Å². The highest BCUT2D eigenvalue weighted by atomic mass is 19.3. The molecule has 0 aliphatic heterocycles. The van der Waals surface area contributed by atoms with E-state index in [9.17, 15) is 13.6 Å². The van der Waals surface area contributed by atoms with Gasteiger partial charge in [-0.05, 0) is 25.0 Å². The number of fused-ring (bicyclic) bond motifs is 1. The molecule has 0 bridgehead atoms. The van der Waals surface area contributed by atoms with Crippen LogP contribution < -0.4 is 5.32 Å². The molecule has 90 valence electrons. The van der Waals surface area contributed by atoms with Crippen molar-refractivity contribution in [2.24, 2.45) is 17.8 Å². The van der Waals surface area contributed by atoms with E-state index in [1.165, 1.54) is 0 Å². The van der Waals surface area contributed by atoms with Gasteiger partial charge in [0.1, 0.15) is 0 Å². The molecule has 3 atom stereocenters. The lowest BCUT2D eigenvalue weighted by Gasteiger charge is -2.14. The van der Waals surface area contributed by atoms with Crippen LogP contribution in [0.5, 0.6) is 0 Å². The van der Waals surface area contributed by atoms with E-state index in [2.05, 4.69) is 5.32 Å². The SMILES string of the molecule is O=C(Nc1ccccc1)C1C[C@@H]2[C@H](C1)C2(F)F. The topological polar surface area (TPSA) is 29.1 Å². The summed E-state index contributed by atoms with van der Waals surface area (Å²) in [6.45, 7) is 0. The van der Waals surface area contributed by atoms with Gasteiger partial charge >= 0.3 is 0 Å². The molecule has 2 aliphatic rings. The summed E-state index contributed by atoms with van der Waals surface area (Å²) in [5.74, 6) is -3.96. The quantitative estimate of drug-likeness (QED) is 0.841. The first-order valence-corrected chi connectivity index (χ1v) is 5.83. The predicted molar refractivity (Wildman–Crippen MR) is 59.7 cm³/mol. The molecule has 0 radical (unpaired) electrons. The minimum Gasteiger partial charge on any atom is -0.326 e. The Morgan fingerprint density at radius 3 is 2.35 bits per heavy atom. The van der Waals surface area contributed by atoms with Crippen molar-refractivity contribution in [2.75, 3.05) is 5.32 Å². The fourth-order valence-corrected chi connectivity index (χ4v) is 2.79. The second-order valence-electron chi connectivity index (χ2n) is 4.91. The first-order valence-electron chi connectivity index (χ1n) is 5.83. The van der Waals surface area contributed by atoms with Crippen LogP contribution in [0.2, 0.25) is 0 Å². The molecule has 2 fully saturated rings. The fraction of sp³-hybridized carbons (Fsp3) is 0.462. The molecule has 1 unspecified atom stereocenters. The molecule has 17 heavy (non-hydrogen) atoms. The van der Waals surface area contributed by atoms with Gasteiger partial charge in [-0.25, -0.2) is 8.78 Å². The zero-order chi connectivity index (χ0) is 12.0. The van der Waals surface area contributed by atoms with E-state index in [1.54, 1.807) is 12.1 Å². The smallest absolute Gasteiger partial charge is 0.254 e. The molecule has 1 N–H and O–H groups in total. The van der Waals surface area contributed by atoms with Gasteiger partial charge in [0.2, 0.25) is 5.91 Å². The third kappa shape index (κ3) is 1.72. The maximum Gasteiger partial charge on any atom is 0.254 e. The monoisotopic (exact) mass is 237 g/mol. The minimum atomic E-state index is -2.50. The average Bonchev–Trinajstić information content (AvgIpc) is 2.70. The highest BCUT2D eigenvalue weighted by Crippen LogP contribution is 2.65. The van der Waals surface area contributed by atoms with E-state index in [0.29, 0.717) is 12.8 Å². The molecule has 3 rings (SSSR count). The van der Waals surface area contributed by atoms with Crippen LogP contribution in [0.25, 0.3) is 0 Å². The summed E-state index contributed by atoms with van der Waals surface area (Å²) in [5.41, 5.74) is 0.727. The molecule has 2 nitrogen and oxygen atoms in total. The number of amides is 1. The fourth-order valence-electron chi connectivity index (χ4n) is 2.79.